The smallest absolute Gasteiger partial charge is 0.232 e. The molecule has 132 valence electrons. The fourth-order valence-corrected chi connectivity index (χ4v) is 3.19. The van der Waals surface area contributed by atoms with Gasteiger partial charge in [-0.15, -0.1) is 0 Å². The van der Waals surface area contributed by atoms with Crippen molar-refractivity contribution in [2.24, 2.45) is 0 Å². The Morgan fingerprint density at radius 2 is 1.92 bits per heavy atom. The number of methoxy groups -OCH3 is 1. The van der Waals surface area contributed by atoms with Gasteiger partial charge in [0.15, 0.2) is 0 Å². The molecule has 0 aliphatic carbocycles. The lowest BCUT2D eigenvalue weighted by atomic mass is 10.1. The molecule has 1 amide bonds. The zero-order chi connectivity index (χ0) is 18.1. The van der Waals surface area contributed by atoms with Crippen molar-refractivity contribution in [2.45, 2.75) is 19.3 Å². The number of hydrogen-bond acceptors (Lipinski definition) is 5. The molecule has 2 aromatic carbocycles. The molecule has 1 unspecified atom stereocenters. The summed E-state index contributed by atoms with van der Waals surface area (Å²) >= 11 is 0. The zero-order valence-electron chi connectivity index (χ0n) is 14.7. The Balaban J connectivity index is 1.57. The van der Waals surface area contributed by atoms with Gasteiger partial charge in [0.05, 0.1) is 18.6 Å². The minimum atomic E-state index is -0.111. The summed E-state index contributed by atoms with van der Waals surface area (Å²) in [4.78, 5) is 18.7. The predicted octanol–water partition coefficient (Wildman–Crippen LogP) is 3.57. The Morgan fingerprint density at radius 3 is 2.69 bits per heavy atom. The van der Waals surface area contributed by atoms with Crippen molar-refractivity contribution in [1.82, 2.24) is 10.1 Å². The number of amides is 1. The van der Waals surface area contributed by atoms with Crippen LogP contribution in [-0.4, -0.2) is 29.7 Å². The number of nitrogens with zero attached hydrogens (tertiary/aromatic N) is 3. The molecule has 0 saturated carbocycles. The van der Waals surface area contributed by atoms with Crippen LogP contribution in [0.2, 0.25) is 0 Å². The van der Waals surface area contributed by atoms with Crippen LogP contribution in [0.1, 0.15) is 23.8 Å². The summed E-state index contributed by atoms with van der Waals surface area (Å²) < 4.78 is 10.8. The van der Waals surface area contributed by atoms with Crippen LogP contribution in [0.15, 0.2) is 53.1 Å². The largest absolute Gasteiger partial charge is 0.496 e. The summed E-state index contributed by atoms with van der Waals surface area (Å²) in [7, 11) is 1.61. The second-order valence-corrected chi connectivity index (χ2v) is 6.40. The average Bonchev–Trinajstić information content (AvgIpc) is 3.29. The van der Waals surface area contributed by atoms with Crippen molar-refractivity contribution < 1.29 is 14.1 Å². The van der Waals surface area contributed by atoms with Crippen molar-refractivity contribution in [3.05, 3.63) is 60.0 Å². The Kier molecular flexibility index (Phi) is 4.16. The van der Waals surface area contributed by atoms with E-state index >= 15 is 0 Å². The molecule has 1 aliphatic rings. The number of benzene rings is 2. The molecule has 6 nitrogen and oxygen atoms in total. The molecule has 1 fully saturated rings. The highest BCUT2D eigenvalue weighted by atomic mass is 16.5. The Bertz CT molecular complexity index is 933. The van der Waals surface area contributed by atoms with E-state index in [4.69, 9.17) is 9.26 Å². The maximum Gasteiger partial charge on any atom is 0.232 e. The van der Waals surface area contributed by atoms with E-state index in [-0.39, 0.29) is 11.8 Å². The molecule has 1 atom stereocenters. The van der Waals surface area contributed by atoms with Gasteiger partial charge in [-0.25, -0.2) is 0 Å². The van der Waals surface area contributed by atoms with Gasteiger partial charge >= 0.3 is 0 Å². The first-order valence-corrected chi connectivity index (χ1v) is 8.49. The van der Waals surface area contributed by atoms with E-state index < -0.39 is 0 Å². The van der Waals surface area contributed by atoms with Gasteiger partial charge in [-0.05, 0) is 31.2 Å². The number of aromatic nitrogens is 2. The van der Waals surface area contributed by atoms with E-state index in [2.05, 4.69) is 10.1 Å². The van der Waals surface area contributed by atoms with Crippen LogP contribution in [0.25, 0.3) is 11.4 Å². The van der Waals surface area contributed by atoms with Crippen LogP contribution in [0.4, 0.5) is 5.69 Å². The maximum atomic E-state index is 12.4. The molecular weight excluding hydrogens is 330 g/mol. The number of hydrogen-bond donors (Lipinski definition) is 0. The third-order valence-corrected chi connectivity index (χ3v) is 4.61. The van der Waals surface area contributed by atoms with Crippen molar-refractivity contribution in [3.8, 4) is 17.1 Å². The number of anilines is 1. The molecule has 0 spiro atoms. The minimum absolute atomic E-state index is 0.0656. The Hall–Kier alpha value is -3.15. The number of aryl methyl sites for hydroxylation is 1. The lowest BCUT2D eigenvalue weighted by molar-refractivity contribution is -0.117. The molecule has 4 rings (SSSR count). The molecule has 1 aliphatic heterocycles. The molecule has 0 radical (unpaired) electrons. The highest BCUT2D eigenvalue weighted by Gasteiger charge is 2.35. The van der Waals surface area contributed by atoms with Crippen LogP contribution in [-0.2, 0) is 4.79 Å². The molecule has 3 aromatic rings. The standard InChI is InChI=1S/C20H19N3O3/c1-13-7-9-15(10-8-13)23-12-14(11-18(23)24)20-21-19(22-26-20)16-5-3-4-6-17(16)25-2/h3-10,14H,11-12H2,1-2H3. The van der Waals surface area contributed by atoms with Crippen LogP contribution >= 0.6 is 0 Å². The number of carbonyl (C=O) groups is 1. The summed E-state index contributed by atoms with van der Waals surface area (Å²) in [6, 6.07) is 15.4. The summed E-state index contributed by atoms with van der Waals surface area (Å²) in [5, 5.41) is 4.08. The number of carbonyl (C=O) groups excluding carboxylic acids is 1. The third kappa shape index (κ3) is 2.94. The van der Waals surface area contributed by atoms with Gasteiger partial charge in [0.25, 0.3) is 0 Å². The van der Waals surface area contributed by atoms with Crippen LogP contribution < -0.4 is 9.64 Å². The second kappa shape index (κ2) is 6.63. The number of rotatable bonds is 4. The summed E-state index contributed by atoms with van der Waals surface area (Å²) in [6.45, 7) is 2.56. The maximum absolute atomic E-state index is 12.4. The highest BCUT2D eigenvalue weighted by Crippen LogP contribution is 2.33. The zero-order valence-corrected chi connectivity index (χ0v) is 14.7. The minimum Gasteiger partial charge on any atom is -0.496 e. The van der Waals surface area contributed by atoms with Crippen molar-refractivity contribution >= 4 is 11.6 Å². The lowest BCUT2D eigenvalue weighted by Gasteiger charge is -2.16. The second-order valence-electron chi connectivity index (χ2n) is 6.40. The summed E-state index contributed by atoms with van der Waals surface area (Å²) in [5.41, 5.74) is 2.83. The molecular formula is C20H19N3O3. The summed E-state index contributed by atoms with van der Waals surface area (Å²) in [6.07, 6.45) is 0.363. The van der Waals surface area contributed by atoms with E-state index in [1.54, 1.807) is 12.0 Å². The first kappa shape index (κ1) is 16.3. The molecule has 2 heterocycles. The van der Waals surface area contributed by atoms with Crippen LogP contribution in [0.3, 0.4) is 0 Å². The molecule has 26 heavy (non-hydrogen) atoms. The van der Waals surface area contributed by atoms with Gasteiger partial charge in [-0.1, -0.05) is 35.0 Å². The fraction of sp³-hybridized carbons (Fsp3) is 0.250. The van der Waals surface area contributed by atoms with E-state index in [1.165, 1.54) is 0 Å². The molecule has 1 aromatic heterocycles. The van der Waals surface area contributed by atoms with Gasteiger partial charge in [-0.3, -0.25) is 4.79 Å². The van der Waals surface area contributed by atoms with Gasteiger partial charge in [-0.2, -0.15) is 4.98 Å². The van der Waals surface area contributed by atoms with Gasteiger partial charge in [0.2, 0.25) is 17.6 Å². The Labute approximate surface area is 151 Å². The molecule has 0 bridgehead atoms. The predicted molar refractivity (Wildman–Crippen MR) is 97.2 cm³/mol. The molecule has 0 N–H and O–H groups in total. The normalized spacial score (nSPS) is 16.9. The first-order valence-electron chi connectivity index (χ1n) is 8.49. The molecule has 1 saturated heterocycles. The SMILES string of the molecule is COc1ccccc1-c1noc(C2CC(=O)N(c3ccc(C)cc3)C2)n1. The number of para-hydroxylation sites is 1. The monoisotopic (exact) mass is 349 g/mol. The van der Waals surface area contributed by atoms with Crippen molar-refractivity contribution in [3.63, 3.8) is 0 Å². The number of ether oxygens (including phenoxy) is 1. The van der Waals surface area contributed by atoms with Gasteiger partial charge < -0.3 is 14.2 Å². The average molecular weight is 349 g/mol. The van der Waals surface area contributed by atoms with E-state index in [1.807, 2.05) is 55.5 Å². The van der Waals surface area contributed by atoms with E-state index in [9.17, 15) is 4.79 Å². The van der Waals surface area contributed by atoms with Crippen molar-refractivity contribution in [2.75, 3.05) is 18.6 Å². The molecule has 6 heteroatoms. The van der Waals surface area contributed by atoms with Crippen LogP contribution in [0.5, 0.6) is 5.75 Å². The third-order valence-electron chi connectivity index (χ3n) is 4.61. The van der Waals surface area contributed by atoms with Gasteiger partial charge in [0, 0.05) is 18.7 Å². The topological polar surface area (TPSA) is 68.5 Å². The van der Waals surface area contributed by atoms with Crippen molar-refractivity contribution in [1.29, 1.82) is 0 Å². The van der Waals surface area contributed by atoms with Crippen LogP contribution in [0, 0.1) is 6.92 Å². The highest BCUT2D eigenvalue weighted by molar-refractivity contribution is 5.96. The van der Waals surface area contributed by atoms with E-state index in [0.717, 1.165) is 16.8 Å². The first-order chi connectivity index (χ1) is 12.7. The Morgan fingerprint density at radius 1 is 1.15 bits per heavy atom. The fourth-order valence-electron chi connectivity index (χ4n) is 3.19. The lowest BCUT2D eigenvalue weighted by Crippen LogP contribution is -2.24. The summed E-state index contributed by atoms with van der Waals surface area (Å²) in [5.74, 6) is 1.59. The van der Waals surface area contributed by atoms with Gasteiger partial charge in [0.1, 0.15) is 5.75 Å². The van der Waals surface area contributed by atoms with E-state index in [0.29, 0.717) is 30.4 Å². The quantitative estimate of drug-likeness (QED) is 0.720.